The number of nitrogens with one attached hydrogen (secondary N) is 1. The van der Waals surface area contributed by atoms with Crippen LogP contribution in [0.15, 0.2) is 47.4 Å². The molecule has 0 aromatic heterocycles. The first-order chi connectivity index (χ1) is 17.1. The molecule has 2 fully saturated rings. The maximum absolute atomic E-state index is 13.2. The van der Waals surface area contributed by atoms with E-state index in [2.05, 4.69) is 5.32 Å². The highest BCUT2D eigenvalue weighted by Gasteiger charge is 2.42. The summed E-state index contributed by atoms with van der Waals surface area (Å²) >= 11 is 6.17. The second kappa shape index (κ2) is 10.7. The lowest BCUT2D eigenvalue weighted by atomic mass is 9.84. The number of anilines is 1. The van der Waals surface area contributed by atoms with E-state index in [0.29, 0.717) is 23.3 Å². The summed E-state index contributed by atoms with van der Waals surface area (Å²) < 4.78 is 37.7. The molecule has 0 unspecified atom stereocenters. The average molecular weight is 535 g/mol. The summed E-state index contributed by atoms with van der Waals surface area (Å²) in [7, 11) is -1.07. The number of ether oxygens (including phenoxy) is 2. The summed E-state index contributed by atoms with van der Waals surface area (Å²) in [5.41, 5.74) is 0.283. The van der Waals surface area contributed by atoms with Gasteiger partial charge in [0.05, 0.1) is 28.3 Å². The van der Waals surface area contributed by atoms with Gasteiger partial charge in [0.2, 0.25) is 0 Å². The maximum atomic E-state index is 13.2. The molecule has 4 rings (SSSR count). The van der Waals surface area contributed by atoms with Crippen LogP contribution in [0.3, 0.4) is 0 Å². The predicted octanol–water partition coefficient (Wildman–Crippen LogP) is 4.27. The van der Waals surface area contributed by atoms with E-state index >= 15 is 0 Å². The van der Waals surface area contributed by atoms with Crippen LogP contribution in [0.1, 0.15) is 43.0 Å². The molecule has 36 heavy (non-hydrogen) atoms. The molecule has 0 spiro atoms. The van der Waals surface area contributed by atoms with Gasteiger partial charge in [0.1, 0.15) is 5.75 Å². The first kappa shape index (κ1) is 26.3. The van der Waals surface area contributed by atoms with Gasteiger partial charge in [-0.1, -0.05) is 18.0 Å². The molecule has 4 atom stereocenters. The number of hydrogen-bond acceptors (Lipinski definition) is 6. The van der Waals surface area contributed by atoms with Gasteiger partial charge in [0, 0.05) is 13.1 Å². The van der Waals surface area contributed by atoms with E-state index in [1.54, 1.807) is 24.3 Å². The molecule has 0 aliphatic heterocycles. The van der Waals surface area contributed by atoms with Crippen molar-refractivity contribution < 1.29 is 27.5 Å². The summed E-state index contributed by atoms with van der Waals surface area (Å²) in [5, 5.41) is 2.97. The Morgan fingerprint density at radius 3 is 2.47 bits per heavy atom. The molecule has 2 aliphatic rings. The number of sulfonamides is 1. The van der Waals surface area contributed by atoms with Crippen LogP contribution < -0.4 is 14.4 Å². The number of benzene rings is 2. The van der Waals surface area contributed by atoms with Crippen LogP contribution in [-0.2, 0) is 19.6 Å². The third-order valence-corrected chi connectivity index (χ3v) is 9.52. The van der Waals surface area contributed by atoms with Crippen molar-refractivity contribution in [2.75, 3.05) is 25.1 Å². The van der Waals surface area contributed by atoms with E-state index in [-0.39, 0.29) is 21.5 Å². The Kier molecular flexibility index (Phi) is 7.80. The summed E-state index contributed by atoms with van der Waals surface area (Å²) in [5.74, 6) is 1.22. The second-order valence-electron chi connectivity index (χ2n) is 9.58. The minimum atomic E-state index is -4.00. The standard InChI is InChI=1S/C26H31ClN2O6S/c1-16(22-13-17-4-5-18(22)12-17)28-25(30)15-35-26(31)23-14-21(10-11-24(23)27)36(32,33)29(2)19-6-8-20(34-3)9-7-19/h6-11,14,16-18,22H,4-5,12-13,15H2,1-3H3,(H,28,30)/t16-,17-,18-,22+/m0/s1. The highest BCUT2D eigenvalue weighted by Crippen LogP contribution is 2.49. The van der Waals surface area contributed by atoms with E-state index in [0.717, 1.165) is 22.7 Å². The van der Waals surface area contributed by atoms with E-state index in [1.165, 1.54) is 45.6 Å². The monoisotopic (exact) mass is 534 g/mol. The Morgan fingerprint density at radius 1 is 1.14 bits per heavy atom. The zero-order valence-corrected chi connectivity index (χ0v) is 22.1. The number of fused-ring (bicyclic) bond motifs is 2. The van der Waals surface area contributed by atoms with E-state index in [1.807, 2.05) is 6.92 Å². The molecule has 194 valence electrons. The Balaban J connectivity index is 1.40. The van der Waals surface area contributed by atoms with Gasteiger partial charge in [0.25, 0.3) is 15.9 Å². The molecule has 2 aromatic rings. The van der Waals surface area contributed by atoms with E-state index < -0.39 is 28.5 Å². The third kappa shape index (κ3) is 5.47. The number of halogens is 1. The van der Waals surface area contributed by atoms with Crippen molar-refractivity contribution in [2.45, 2.75) is 43.5 Å². The molecule has 2 saturated carbocycles. The van der Waals surface area contributed by atoms with Crippen LogP contribution in [0.25, 0.3) is 0 Å². The van der Waals surface area contributed by atoms with Gasteiger partial charge in [-0.3, -0.25) is 9.10 Å². The number of esters is 1. The van der Waals surface area contributed by atoms with Crippen molar-refractivity contribution >= 4 is 39.2 Å². The lowest BCUT2D eigenvalue weighted by Crippen LogP contribution is -2.42. The molecular formula is C26H31ClN2O6S. The highest BCUT2D eigenvalue weighted by atomic mass is 35.5. The molecule has 2 aromatic carbocycles. The molecule has 2 bridgehead atoms. The molecule has 1 amide bonds. The fourth-order valence-corrected chi connectivity index (χ4v) is 6.85. The SMILES string of the molecule is COc1ccc(N(C)S(=O)(=O)c2ccc(Cl)c(C(=O)OCC(=O)N[C@@H](C)[C@H]3C[C@H]4CC[C@H]3C4)c2)cc1. The van der Waals surface area contributed by atoms with Crippen molar-refractivity contribution in [1.29, 1.82) is 0 Å². The second-order valence-corrected chi connectivity index (χ2v) is 12.0. The minimum Gasteiger partial charge on any atom is -0.497 e. The lowest BCUT2D eigenvalue weighted by molar-refractivity contribution is -0.125. The number of carbonyl (C=O) groups is 2. The molecule has 2 aliphatic carbocycles. The lowest BCUT2D eigenvalue weighted by Gasteiger charge is -2.28. The fraction of sp³-hybridized carbons (Fsp3) is 0.462. The zero-order chi connectivity index (χ0) is 26.0. The van der Waals surface area contributed by atoms with Crippen LogP contribution in [0.5, 0.6) is 5.75 Å². The predicted molar refractivity (Wildman–Crippen MR) is 137 cm³/mol. The van der Waals surface area contributed by atoms with Gasteiger partial charge in [-0.15, -0.1) is 0 Å². The first-order valence-electron chi connectivity index (χ1n) is 12.0. The Hall–Kier alpha value is -2.78. The van der Waals surface area contributed by atoms with Gasteiger partial charge in [-0.25, -0.2) is 13.2 Å². The summed E-state index contributed by atoms with van der Waals surface area (Å²) in [4.78, 5) is 25.0. The van der Waals surface area contributed by atoms with Crippen molar-refractivity contribution in [3.05, 3.63) is 53.1 Å². The smallest absolute Gasteiger partial charge is 0.340 e. The molecular weight excluding hydrogens is 504 g/mol. The highest BCUT2D eigenvalue weighted by molar-refractivity contribution is 7.92. The van der Waals surface area contributed by atoms with Gasteiger partial charge in [0.15, 0.2) is 6.61 Å². The van der Waals surface area contributed by atoms with Crippen molar-refractivity contribution in [3.8, 4) is 5.75 Å². The van der Waals surface area contributed by atoms with Crippen LogP contribution in [0.4, 0.5) is 5.69 Å². The average Bonchev–Trinajstić information content (AvgIpc) is 3.51. The number of amides is 1. The van der Waals surface area contributed by atoms with Crippen LogP contribution in [-0.4, -0.2) is 47.1 Å². The van der Waals surface area contributed by atoms with Crippen molar-refractivity contribution in [3.63, 3.8) is 0 Å². The molecule has 8 nitrogen and oxygen atoms in total. The largest absolute Gasteiger partial charge is 0.497 e. The third-order valence-electron chi connectivity index (χ3n) is 7.41. The molecule has 0 radical (unpaired) electrons. The summed E-state index contributed by atoms with van der Waals surface area (Å²) in [6.07, 6.45) is 4.87. The van der Waals surface area contributed by atoms with Gasteiger partial charge in [-0.05, 0) is 86.4 Å². The molecule has 0 heterocycles. The number of methoxy groups -OCH3 is 1. The number of carbonyl (C=O) groups excluding carboxylic acids is 2. The van der Waals surface area contributed by atoms with Crippen LogP contribution in [0.2, 0.25) is 5.02 Å². The molecule has 1 N–H and O–H groups in total. The Bertz CT molecular complexity index is 1230. The number of hydrogen-bond donors (Lipinski definition) is 1. The minimum absolute atomic E-state index is 0.0112. The van der Waals surface area contributed by atoms with Crippen LogP contribution >= 0.6 is 11.6 Å². The van der Waals surface area contributed by atoms with E-state index in [4.69, 9.17) is 21.1 Å². The Morgan fingerprint density at radius 2 is 1.86 bits per heavy atom. The van der Waals surface area contributed by atoms with Gasteiger partial charge >= 0.3 is 5.97 Å². The fourth-order valence-electron chi connectivity index (χ4n) is 5.43. The molecule has 10 heteroatoms. The normalized spacial score (nSPS) is 21.6. The first-order valence-corrected chi connectivity index (χ1v) is 13.8. The quantitative estimate of drug-likeness (QED) is 0.482. The number of rotatable bonds is 9. The van der Waals surface area contributed by atoms with Crippen LogP contribution in [0, 0.1) is 17.8 Å². The molecule has 0 saturated heterocycles. The van der Waals surface area contributed by atoms with Gasteiger partial charge in [-0.2, -0.15) is 0 Å². The maximum Gasteiger partial charge on any atom is 0.340 e. The van der Waals surface area contributed by atoms with E-state index in [9.17, 15) is 18.0 Å². The van der Waals surface area contributed by atoms with Gasteiger partial charge < -0.3 is 14.8 Å². The Labute approximate surface area is 217 Å². The zero-order valence-electron chi connectivity index (χ0n) is 20.6. The van der Waals surface area contributed by atoms with Crippen molar-refractivity contribution in [2.24, 2.45) is 17.8 Å². The van der Waals surface area contributed by atoms with Crippen molar-refractivity contribution in [1.82, 2.24) is 5.32 Å². The number of nitrogens with zero attached hydrogens (tertiary/aromatic N) is 1. The summed E-state index contributed by atoms with van der Waals surface area (Å²) in [6.45, 7) is 1.53. The topological polar surface area (TPSA) is 102 Å². The summed E-state index contributed by atoms with van der Waals surface area (Å²) in [6, 6.07) is 10.3.